The van der Waals surface area contributed by atoms with Crippen LogP contribution in [0.15, 0.2) is 59.4 Å². The van der Waals surface area contributed by atoms with E-state index in [4.69, 9.17) is 23.2 Å². The minimum absolute atomic E-state index is 0.188. The lowest BCUT2D eigenvalue weighted by Gasteiger charge is -2.09. The summed E-state index contributed by atoms with van der Waals surface area (Å²) in [7, 11) is 0. The molecule has 2 aromatic carbocycles. The maximum atomic E-state index is 12.1. The zero-order valence-corrected chi connectivity index (χ0v) is 16.8. The molecular weight excluding hydrogens is 397 g/mol. The van der Waals surface area contributed by atoms with Crippen molar-refractivity contribution in [2.45, 2.75) is 26.3 Å². The summed E-state index contributed by atoms with van der Waals surface area (Å²) in [6.07, 6.45) is 0.711. The van der Waals surface area contributed by atoms with Crippen LogP contribution in [0.5, 0.6) is 0 Å². The number of carbonyl (C=O) groups excluding carboxylic acids is 1. The fourth-order valence-corrected chi connectivity index (χ4v) is 3.14. The van der Waals surface area contributed by atoms with Crippen molar-refractivity contribution in [1.82, 2.24) is 9.78 Å². The Morgan fingerprint density at radius 2 is 1.82 bits per heavy atom. The number of nitrogens with zero attached hydrogens (tertiary/aromatic N) is 2. The largest absolute Gasteiger partial charge is 0.325 e. The first-order chi connectivity index (χ1) is 13.4. The van der Waals surface area contributed by atoms with E-state index in [0.717, 1.165) is 16.8 Å². The lowest BCUT2D eigenvalue weighted by molar-refractivity contribution is -0.116. The highest BCUT2D eigenvalue weighted by molar-refractivity contribution is 6.36. The van der Waals surface area contributed by atoms with Gasteiger partial charge in [0.25, 0.3) is 5.56 Å². The minimum Gasteiger partial charge on any atom is -0.325 e. The molecule has 28 heavy (non-hydrogen) atoms. The van der Waals surface area contributed by atoms with Gasteiger partial charge in [0.1, 0.15) is 0 Å². The van der Waals surface area contributed by atoms with Crippen LogP contribution in [-0.2, 0) is 11.3 Å². The van der Waals surface area contributed by atoms with Crippen molar-refractivity contribution in [3.05, 3.63) is 80.6 Å². The molecule has 0 unspecified atom stereocenters. The molecule has 0 aliphatic heterocycles. The molecule has 5 nitrogen and oxygen atoms in total. The molecule has 0 saturated carbocycles. The molecule has 0 saturated heterocycles. The van der Waals surface area contributed by atoms with Crippen LogP contribution in [0.1, 0.15) is 18.4 Å². The van der Waals surface area contributed by atoms with Gasteiger partial charge in [-0.05, 0) is 37.6 Å². The second-order valence-corrected chi connectivity index (χ2v) is 7.27. The lowest BCUT2D eigenvalue weighted by atomic mass is 10.1. The van der Waals surface area contributed by atoms with Gasteiger partial charge in [-0.1, -0.05) is 53.0 Å². The van der Waals surface area contributed by atoms with Crippen LogP contribution in [0, 0.1) is 6.92 Å². The number of halogens is 2. The fourth-order valence-electron chi connectivity index (χ4n) is 2.68. The van der Waals surface area contributed by atoms with Crippen LogP contribution in [0.3, 0.4) is 0 Å². The smallest absolute Gasteiger partial charge is 0.266 e. The van der Waals surface area contributed by atoms with Gasteiger partial charge >= 0.3 is 0 Å². The topological polar surface area (TPSA) is 64.0 Å². The molecule has 0 bridgehead atoms. The maximum absolute atomic E-state index is 12.1. The zero-order valence-electron chi connectivity index (χ0n) is 15.3. The third-order valence-corrected chi connectivity index (χ3v) is 4.74. The Kier molecular flexibility index (Phi) is 6.49. The average molecular weight is 416 g/mol. The molecule has 0 aliphatic rings. The standard InChI is InChI=1S/C21H19Cl2N3O2/c1-14-4-6-15(7-5-14)18-10-11-21(28)26(25-18)12-2-3-20(27)24-19-9-8-16(22)13-17(19)23/h4-11,13H,2-3,12H2,1H3,(H,24,27). The van der Waals surface area contributed by atoms with E-state index in [1.54, 1.807) is 24.3 Å². The predicted molar refractivity (Wildman–Crippen MR) is 113 cm³/mol. The highest BCUT2D eigenvalue weighted by Gasteiger charge is 2.08. The second kappa shape index (κ2) is 9.04. The van der Waals surface area contributed by atoms with E-state index >= 15 is 0 Å². The molecule has 3 rings (SSSR count). The number of benzene rings is 2. The first kappa shape index (κ1) is 20.1. The van der Waals surface area contributed by atoms with Crippen molar-refractivity contribution < 1.29 is 4.79 Å². The number of aromatic nitrogens is 2. The van der Waals surface area contributed by atoms with Gasteiger partial charge in [0.15, 0.2) is 0 Å². The molecule has 3 aromatic rings. The summed E-state index contributed by atoms with van der Waals surface area (Å²) >= 11 is 11.9. The number of hydrogen-bond donors (Lipinski definition) is 1. The molecular formula is C21H19Cl2N3O2. The molecule has 0 fully saturated rings. The van der Waals surface area contributed by atoms with E-state index in [1.807, 2.05) is 31.2 Å². The third kappa shape index (κ3) is 5.21. The van der Waals surface area contributed by atoms with E-state index in [9.17, 15) is 9.59 Å². The zero-order chi connectivity index (χ0) is 20.1. The highest BCUT2D eigenvalue weighted by Crippen LogP contribution is 2.25. The van der Waals surface area contributed by atoms with Gasteiger partial charge in [0.2, 0.25) is 5.91 Å². The van der Waals surface area contributed by atoms with Crippen LogP contribution < -0.4 is 10.9 Å². The number of anilines is 1. The Hall–Kier alpha value is -2.63. The Morgan fingerprint density at radius 3 is 2.54 bits per heavy atom. The number of carbonyl (C=O) groups is 1. The van der Waals surface area contributed by atoms with Crippen molar-refractivity contribution in [2.24, 2.45) is 0 Å². The van der Waals surface area contributed by atoms with Crippen molar-refractivity contribution >= 4 is 34.8 Å². The molecule has 144 valence electrons. The Bertz CT molecular complexity index is 1050. The van der Waals surface area contributed by atoms with E-state index < -0.39 is 0 Å². The Morgan fingerprint density at radius 1 is 1.07 bits per heavy atom. The molecule has 7 heteroatoms. The highest BCUT2D eigenvalue weighted by atomic mass is 35.5. The number of amides is 1. The minimum atomic E-state index is -0.197. The summed E-state index contributed by atoms with van der Waals surface area (Å²) in [5.41, 5.74) is 3.13. The van der Waals surface area contributed by atoms with Crippen LogP contribution in [0.25, 0.3) is 11.3 Å². The summed E-state index contributed by atoms with van der Waals surface area (Å²) < 4.78 is 1.39. The van der Waals surface area contributed by atoms with Crippen LogP contribution >= 0.6 is 23.2 Å². The summed E-state index contributed by atoms with van der Waals surface area (Å²) in [5, 5.41) is 8.04. The molecule has 1 amide bonds. The number of hydrogen-bond acceptors (Lipinski definition) is 3. The van der Waals surface area contributed by atoms with Gasteiger partial charge in [0.05, 0.1) is 16.4 Å². The number of nitrogens with one attached hydrogen (secondary N) is 1. The average Bonchev–Trinajstić information content (AvgIpc) is 2.66. The summed E-state index contributed by atoms with van der Waals surface area (Å²) in [6.45, 7) is 2.36. The van der Waals surface area contributed by atoms with Crippen molar-refractivity contribution in [2.75, 3.05) is 5.32 Å². The molecule has 1 N–H and O–H groups in total. The molecule has 0 atom stereocenters. The first-order valence-corrected chi connectivity index (χ1v) is 9.58. The van der Waals surface area contributed by atoms with Crippen molar-refractivity contribution in [3.8, 4) is 11.3 Å². The molecule has 0 aliphatic carbocycles. The van der Waals surface area contributed by atoms with E-state index in [1.165, 1.54) is 10.7 Å². The Balaban J connectivity index is 1.61. The Labute approximate surface area is 172 Å². The van der Waals surface area contributed by atoms with Crippen LogP contribution in [-0.4, -0.2) is 15.7 Å². The van der Waals surface area contributed by atoms with Gasteiger partial charge in [0, 0.05) is 29.6 Å². The first-order valence-electron chi connectivity index (χ1n) is 8.82. The van der Waals surface area contributed by atoms with E-state index in [0.29, 0.717) is 28.7 Å². The summed E-state index contributed by atoms with van der Waals surface area (Å²) in [5.74, 6) is -0.188. The van der Waals surface area contributed by atoms with Crippen LogP contribution in [0.2, 0.25) is 10.0 Å². The van der Waals surface area contributed by atoms with Crippen LogP contribution in [0.4, 0.5) is 5.69 Å². The van der Waals surface area contributed by atoms with E-state index in [-0.39, 0.29) is 17.9 Å². The second-order valence-electron chi connectivity index (χ2n) is 6.42. The molecule has 1 aromatic heterocycles. The van der Waals surface area contributed by atoms with Crippen molar-refractivity contribution in [3.63, 3.8) is 0 Å². The summed E-state index contributed by atoms with van der Waals surface area (Å²) in [6, 6.07) is 16.0. The number of rotatable bonds is 6. The lowest BCUT2D eigenvalue weighted by Crippen LogP contribution is -2.23. The monoisotopic (exact) mass is 415 g/mol. The van der Waals surface area contributed by atoms with Gasteiger partial charge < -0.3 is 5.32 Å². The number of aryl methyl sites for hydroxylation is 2. The van der Waals surface area contributed by atoms with Crippen molar-refractivity contribution in [1.29, 1.82) is 0 Å². The van der Waals surface area contributed by atoms with Gasteiger partial charge in [-0.15, -0.1) is 0 Å². The molecule has 0 spiro atoms. The SMILES string of the molecule is Cc1ccc(-c2ccc(=O)n(CCCC(=O)Nc3ccc(Cl)cc3Cl)n2)cc1. The van der Waals surface area contributed by atoms with Gasteiger partial charge in [-0.3, -0.25) is 9.59 Å². The normalized spacial score (nSPS) is 10.7. The fraction of sp³-hybridized carbons (Fsp3) is 0.190. The predicted octanol–water partition coefficient (Wildman–Crippen LogP) is 4.94. The maximum Gasteiger partial charge on any atom is 0.266 e. The quantitative estimate of drug-likeness (QED) is 0.619. The molecule has 0 radical (unpaired) electrons. The molecule has 1 heterocycles. The van der Waals surface area contributed by atoms with Gasteiger partial charge in [-0.25, -0.2) is 4.68 Å². The summed E-state index contributed by atoms with van der Waals surface area (Å²) in [4.78, 5) is 24.2. The van der Waals surface area contributed by atoms with Gasteiger partial charge in [-0.2, -0.15) is 5.10 Å². The van der Waals surface area contributed by atoms with E-state index in [2.05, 4.69) is 10.4 Å². The third-order valence-electron chi connectivity index (χ3n) is 4.19.